The Hall–Kier alpha value is -1.73. The van der Waals surface area contributed by atoms with Gasteiger partial charge in [0.2, 0.25) is 11.8 Å². The van der Waals surface area contributed by atoms with Gasteiger partial charge in [-0.15, -0.1) is 11.8 Å². The topological polar surface area (TPSA) is 95.5 Å². The van der Waals surface area contributed by atoms with Crippen molar-refractivity contribution >= 4 is 41.1 Å². The van der Waals surface area contributed by atoms with E-state index in [-0.39, 0.29) is 18.2 Å². The van der Waals surface area contributed by atoms with Crippen LogP contribution in [0.2, 0.25) is 5.02 Å². The van der Waals surface area contributed by atoms with E-state index in [0.717, 1.165) is 4.90 Å². The van der Waals surface area contributed by atoms with Crippen LogP contribution in [-0.2, 0) is 14.4 Å². The van der Waals surface area contributed by atoms with Gasteiger partial charge in [0, 0.05) is 4.90 Å². The van der Waals surface area contributed by atoms with Gasteiger partial charge in [0.1, 0.15) is 6.54 Å². The summed E-state index contributed by atoms with van der Waals surface area (Å²) in [6.07, 6.45) is 0. The van der Waals surface area contributed by atoms with Gasteiger partial charge >= 0.3 is 5.97 Å². The van der Waals surface area contributed by atoms with Crippen molar-refractivity contribution in [3.8, 4) is 0 Å². The normalized spacial score (nSPS) is 9.85. The Morgan fingerprint density at radius 1 is 1.10 bits per heavy atom. The number of carboxylic acid groups (broad SMARTS) is 1. The molecule has 0 spiro atoms. The molecule has 108 valence electrons. The van der Waals surface area contributed by atoms with E-state index in [4.69, 9.17) is 16.7 Å². The third-order valence-electron chi connectivity index (χ3n) is 2.08. The summed E-state index contributed by atoms with van der Waals surface area (Å²) < 4.78 is 0. The maximum atomic E-state index is 11.5. The van der Waals surface area contributed by atoms with Crippen molar-refractivity contribution in [2.45, 2.75) is 4.90 Å². The van der Waals surface area contributed by atoms with Crippen LogP contribution in [0.3, 0.4) is 0 Å². The molecule has 0 fully saturated rings. The molecule has 0 atom stereocenters. The number of hydrogen-bond acceptors (Lipinski definition) is 4. The van der Waals surface area contributed by atoms with Gasteiger partial charge in [-0.25, -0.2) is 0 Å². The summed E-state index contributed by atoms with van der Waals surface area (Å²) in [5.41, 5.74) is 0. The minimum absolute atomic E-state index is 0.121. The second-order valence-electron chi connectivity index (χ2n) is 3.67. The zero-order valence-corrected chi connectivity index (χ0v) is 12.0. The van der Waals surface area contributed by atoms with Crippen molar-refractivity contribution in [2.75, 3.05) is 18.8 Å². The van der Waals surface area contributed by atoms with Gasteiger partial charge in [-0.3, -0.25) is 14.4 Å². The molecule has 20 heavy (non-hydrogen) atoms. The predicted octanol–water partition coefficient (Wildman–Crippen LogP) is 0.749. The molecule has 0 saturated carbocycles. The predicted molar refractivity (Wildman–Crippen MR) is 75.8 cm³/mol. The monoisotopic (exact) mass is 316 g/mol. The van der Waals surface area contributed by atoms with Crippen molar-refractivity contribution in [1.82, 2.24) is 10.6 Å². The first-order valence-corrected chi connectivity index (χ1v) is 6.98. The molecule has 6 nitrogen and oxygen atoms in total. The van der Waals surface area contributed by atoms with Gasteiger partial charge in [0.05, 0.1) is 17.3 Å². The molecule has 0 aliphatic heterocycles. The van der Waals surface area contributed by atoms with Gasteiger partial charge in [-0.1, -0.05) is 23.7 Å². The van der Waals surface area contributed by atoms with E-state index < -0.39 is 18.4 Å². The molecule has 0 heterocycles. The van der Waals surface area contributed by atoms with Crippen molar-refractivity contribution in [3.63, 3.8) is 0 Å². The van der Waals surface area contributed by atoms with E-state index in [1.165, 1.54) is 11.8 Å². The molecule has 1 aromatic carbocycles. The van der Waals surface area contributed by atoms with Gasteiger partial charge in [0.25, 0.3) is 0 Å². The Morgan fingerprint density at radius 2 is 1.75 bits per heavy atom. The standard InChI is InChI=1S/C12H13ClN2O4S/c13-8-3-1-2-4-9(8)20-7-11(17)14-5-10(16)15-6-12(18)19/h1-4H,5-7H2,(H,14,17)(H,15,16)(H,18,19). The number of carboxylic acids is 1. The molecule has 0 unspecified atom stereocenters. The van der Waals surface area contributed by atoms with E-state index in [1.54, 1.807) is 18.2 Å². The summed E-state index contributed by atoms with van der Waals surface area (Å²) >= 11 is 7.19. The number of benzene rings is 1. The number of hydrogen-bond donors (Lipinski definition) is 3. The van der Waals surface area contributed by atoms with Crippen LogP contribution in [0.1, 0.15) is 0 Å². The number of thioether (sulfide) groups is 1. The number of amides is 2. The van der Waals surface area contributed by atoms with Crippen molar-refractivity contribution in [1.29, 1.82) is 0 Å². The largest absolute Gasteiger partial charge is 0.480 e. The average Bonchev–Trinajstić information content (AvgIpc) is 2.42. The Kier molecular flexibility index (Phi) is 6.89. The van der Waals surface area contributed by atoms with Crippen molar-refractivity contribution in [2.24, 2.45) is 0 Å². The molecule has 0 saturated heterocycles. The third-order valence-corrected chi connectivity index (χ3v) is 3.59. The van der Waals surface area contributed by atoms with Crippen LogP contribution < -0.4 is 10.6 Å². The van der Waals surface area contributed by atoms with Crippen LogP contribution in [0, 0.1) is 0 Å². The second-order valence-corrected chi connectivity index (χ2v) is 5.09. The fraction of sp³-hybridized carbons (Fsp3) is 0.250. The first kappa shape index (κ1) is 16.3. The number of halogens is 1. The Labute approximate surface area is 124 Å². The minimum atomic E-state index is -1.14. The smallest absolute Gasteiger partial charge is 0.322 e. The molecule has 0 aliphatic rings. The molecular weight excluding hydrogens is 304 g/mol. The van der Waals surface area contributed by atoms with Gasteiger partial charge < -0.3 is 15.7 Å². The summed E-state index contributed by atoms with van der Waals surface area (Å²) in [5.74, 6) is -1.90. The molecule has 0 aliphatic carbocycles. The lowest BCUT2D eigenvalue weighted by Gasteiger charge is -2.06. The van der Waals surface area contributed by atoms with Crippen LogP contribution in [-0.4, -0.2) is 41.7 Å². The summed E-state index contributed by atoms with van der Waals surface area (Å²) in [7, 11) is 0. The number of aliphatic carboxylic acids is 1. The van der Waals surface area contributed by atoms with Crippen LogP contribution >= 0.6 is 23.4 Å². The Balaban J connectivity index is 2.25. The van der Waals surface area contributed by atoms with Gasteiger partial charge in [-0.05, 0) is 12.1 Å². The number of nitrogens with one attached hydrogen (secondary N) is 2. The average molecular weight is 317 g/mol. The highest BCUT2D eigenvalue weighted by Crippen LogP contribution is 2.26. The lowest BCUT2D eigenvalue weighted by atomic mass is 10.4. The Morgan fingerprint density at radius 3 is 2.40 bits per heavy atom. The summed E-state index contributed by atoms with van der Waals surface area (Å²) in [6, 6.07) is 7.12. The molecule has 0 radical (unpaired) electrons. The lowest BCUT2D eigenvalue weighted by Crippen LogP contribution is -2.39. The van der Waals surface area contributed by atoms with Crippen LogP contribution in [0.5, 0.6) is 0 Å². The quantitative estimate of drug-likeness (QED) is 0.645. The first-order chi connectivity index (χ1) is 9.49. The molecule has 3 N–H and O–H groups in total. The highest BCUT2D eigenvalue weighted by Gasteiger charge is 2.08. The lowest BCUT2D eigenvalue weighted by molar-refractivity contribution is -0.137. The molecule has 2 amide bonds. The van der Waals surface area contributed by atoms with E-state index >= 15 is 0 Å². The maximum Gasteiger partial charge on any atom is 0.322 e. The van der Waals surface area contributed by atoms with E-state index in [2.05, 4.69) is 10.6 Å². The zero-order valence-electron chi connectivity index (χ0n) is 10.4. The fourth-order valence-corrected chi connectivity index (χ4v) is 2.24. The molecule has 8 heteroatoms. The van der Waals surface area contributed by atoms with E-state index in [1.807, 2.05) is 6.07 Å². The highest BCUT2D eigenvalue weighted by atomic mass is 35.5. The second kappa shape index (κ2) is 8.44. The van der Waals surface area contributed by atoms with Crippen LogP contribution in [0.15, 0.2) is 29.2 Å². The first-order valence-electron chi connectivity index (χ1n) is 5.61. The van der Waals surface area contributed by atoms with Crippen LogP contribution in [0.25, 0.3) is 0 Å². The molecule has 1 rings (SSSR count). The number of carbonyl (C=O) groups excluding carboxylic acids is 2. The summed E-state index contributed by atoms with van der Waals surface area (Å²) in [5, 5.41) is 13.4. The molecule has 0 aromatic heterocycles. The van der Waals surface area contributed by atoms with Gasteiger partial charge in [0.15, 0.2) is 0 Å². The van der Waals surface area contributed by atoms with E-state index in [0.29, 0.717) is 5.02 Å². The van der Waals surface area contributed by atoms with Crippen LogP contribution in [0.4, 0.5) is 0 Å². The fourth-order valence-electron chi connectivity index (χ4n) is 1.17. The van der Waals surface area contributed by atoms with Gasteiger partial charge in [-0.2, -0.15) is 0 Å². The molecule has 1 aromatic rings. The van der Waals surface area contributed by atoms with E-state index in [9.17, 15) is 14.4 Å². The SMILES string of the molecule is O=C(O)CNC(=O)CNC(=O)CSc1ccccc1Cl. The zero-order chi connectivity index (χ0) is 15.0. The van der Waals surface area contributed by atoms with Crippen molar-refractivity contribution in [3.05, 3.63) is 29.3 Å². The summed E-state index contributed by atoms with van der Waals surface area (Å²) in [4.78, 5) is 33.7. The molecule has 0 bridgehead atoms. The number of carbonyl (C=O) groups is 3. The highest BCUT2D eigenvalue weighted by molar-refractivity contribution is 8.00. The maximum absolute atomic E-state index is 11.5. The third kappa shape index (κ3) is 6.44. The molecular formula is C12H13ClN2O4S. The van der Waals surface area contributed by atoms with Crippen molar-refractivity contribution < 1.29 is 19.5 Å². The number of rotatable bonds is 7. The minimum Gasteiger partial charge on any atom is -0.480 e. The Bertz CT molecular complexity index is 510. The summed E-state index contributed by atoms with van der Waals surface area (Å²) in [6.45, 7) is -0.724.